The largest absolute Gasteiger partial charge is 0.428 e. The van der Waals surface area contributed by atoms with Crippen LogP contribution in [0.4, 0.5) is 16.2 Å². The molecule has 9 heteroatoms. The molecule has 1 amide bonds. The maximum absolute atomic E-state index is 12.2. The van der Waals surface area contributed by atoms with Crippen molar-refractivity contribution in [2.45, 2.75) is 6.42 Å². The van der Waals surface area contributed by atoms with E-state index in [4.69, 9.17) is 37.4 Å². The summed E-state index contributed by atoms with van der Waals surface area (Å²) in [6.45, 7) is 1.40. The molecule has 1 heterocycles. The van der Waals surface area contributed by atoms with Crippen LogP contribution < -0.4 is 5.32 Å². The highest BCUT2D eigenvalue weighted by Gasteiger charge is 2.19. The van der Waals surface area contributed by atoms with Crippen LogP contribution in [-0.2, 0) is 25.4 Å². The van der Waals surface area contributed by atoms with Crippen LogP contribution in [0.1, 0.15) is 5.56 Å². The zero-order valence-electron chi connectivity index (χ0n) is 15.5. The fraction of sp³-hybridized carbons (Fsp3) is 0.300. The molecule has 0 spiro atoms. The van der Waals surface area contributed by atoms with Crippen LogP contribution in [0.25, 0.3) is 0 Å². The smallest absolute Gasteiger partial charge is 0.412 e. The van der Waals surface area contributed by atoms with Gasteiger partial charge in [-0.05, 0) is 23.8 Å². The summed E-state index contributed by atoms with van der Waals surface area (Å²) in [5, 5.41) is 4.08. The summed E-state index contributed by atoms with van der Waals surface area (Å²) in [6, 6.07) is 12.4. The number of amides is 1. The number of halogens is 2. The Morgan fingerprint density at radius 3 is 2.41 bits per heavy atom. The lowest BCUT2D eigenvalue weighted by molar-refractivity contribution is -0.151. The van der Waals surface area contributed by atoms with Gasteiger partial charge in [0.1, 0.15) is 0 Å². The summed E-state index contributed by atoms with van der Waals surface area (Å²) in [7, 11) is 0. The fourth-order valence-electron chi connectivity index (χ4n) is 2.74. The molecule has 3 rings (SSSR count). The van der Waals surface area contributed by atoms with Crippen LogP contribution in [0.2, 0.25) is 10.0 Å². The topological polar surface area (TPSA) is 77.1 Å². The molecule has 7 nitrogen and oxygen atoms in total. The molecule has 154 valence electrons. The number of nitrogens with one attached hydrogen (secondary N) is 1. The van der Waals surface area contributed by atoms with Crippen molar-refractivity contribution in [2.75, 3.05) is 38.4 Å². The molecular weight excluding hydrogens is 419 g/mol. The number of hydrogen-bond donors (Lipinski definition) is 1. The van der Waals surface area contributed by atoms with Gasteiger partial charge >= 0.3 is 12.1 Å². The second-order valence-electron chi connectivity index (χ2n) is 6.20. The highest BCUT2D eigenvalue weighted by Crippen LogP contribution is 2.33. The van der Waals surface area contributed by atoms with Crippen molar-refractivity contribution in [1.29, 1.82) is 0 Å². The Balaban J connectivity index is 1.55. The lowest BCUT2D eigenvalue weighted by atomic mass is 10.1. The van der Waals surface area contributed by atoms with Crippen LogP contribution in [0.15, 0.2) is 42.5 Å². The summed E-state index contributed by atoms with van der Waals surface area (Å²) in [5.41, 5.74) is 1.91. The van der Waals surface area contributed by atoms with E-state index < -0.39 is 18.9 Å². The minimum Gasteiger partial charge on any atom is -0.428 e. The third-order valence-electron chi connectivity index (χ3n) is 4.25. The number of ether oxygens (including phenoxy) is 3. The molecule has 1 aliphatic rings. The Morgan fingerprint density at radius 1 is 1.00 bits per heavy atom. The lowest BCUT2D eigenvalue weighted by Crippen LogP contribution is -2.41. The van der Waals surface area contributed by atoms with Gasteiger partial charge < -0.3 is 24.4 Å². The van der Waals surface area contributed by atoms with Crippen LogP contribution in [0, 0.1) is 0 Å². The van der Waals surface area contributed by atoms with Gasteiger partial charge in [-0.2, -0.15) is 0 Å². The molecule has 0 radical (unpaired) electrons. The normalized spacial score (nSPS) is 13.7. The first kappa shape index (κ1) is 21.2. The maximum Gasteiger partial charge on any atom is 0.412 e. The number of nitrogens with zero attached hydrogens (tertiary/aromatic N) is 1. The number of hydrogen-bond acceptors (Lipinski definition) is 6. The Morgan fingerprint density at radius 2 is 1.69 bits per heavy atom. The van der Waals surface area contributed by atoms with E-state index in [9.17, 15) is 9.59 Å². The average Bonchev–Trinajstić information content (AvgIpc) is 2.72. The molecule has 0 unspecified atom stereocenters. The van der Waals surface area contributed by atoms with Gasteiger partial charge in [-0.15, -0.1) is 0 Å². The number of rotatable bonds is 6. The molecule has 1 fully saturated rings. The summed E-state index contributed by atoms with van der Waals surface area (Å²) < 4.78 is 15.2. The molecular formula is C20H20Cl2N2O5. The first-order chi connectivity index (χ1) is 14.0. The van der Waals surface area contributed by atoms with Gasteiger partial charge in [-0.1, -0.05) is 47.5 Å². The van der Waals surface area contributed by atoms with E-state index in [2.05, 4.69) is 5.32 Å². The zero-order chi connectivity index (χ0) is 20.6. The van der Waals surface area contributed by atoms with E-state index in [1.807, 2.05) is 6.07 Å². The summed E-state index contributed by atoms with van der Waals surface area (Å²) in [5.74, 6) is -0.528. The van der Waals surface area contributed by atoms with Crippen molar-refractivity contribution < 1.29 is 23.8 Å². The molecule has 29 heavy (non-hydrogen) atoms. The van der Waals surface area contributed by atoms with E-state index in [1.165, 1.54) is 4.90 Å². The van der Waals surface area contributed by atoms with Crippen LogP contribution in [0.3, 0.4) is 0 Å². The third-order valence-corrected chi connectivity index (χ3v) is 4.88. The molecule has 1 N–H and O–H groups in total. The molecule has 2 aromatic rings. The number of benzene rings is 2. The van der Waals surface area contributed by atoms with Crippen LogP contribution >= 0.6 is 23.2 Å². The SMILES string of the molecule is O=C(Cc1ccccc1Nc1c(Cl)cccc1Cl)OCOC(=O)N1CCOCC1. The highest BCUT2D eigenvalue weighted by molar-refractivity contribution is 6.39. The number of esters is 1. The van der Waals surface area contributed by atoms with Gasteiger partial charge in [0.25, 0.3) is 0 Å². The van der Waals surface area contributed by atoms with Crippen molar-refractivity contribution >= 4 is 46.6 Å². The van der Waals surface area contributed by atoms with E-state index in [-0.39, 0.29) is 6.42 Å². The van der Waals surface area contributed by atoms with Crippen LogP contribution in [0.5, 0.6) is 0 Å². The van der Waals surface area contributed by atoms with E-state index in [1.54, 1.807) is 36.4 Å². The standard InChI is InChI=1S/C20H20Cl2N2O5/c21-15-5-3-6-16(22)19(15)23-17-7-2-1-4-14(17)12-18(25)28-13-29-20(26)24-8-10-27-11-9-24/h1-7,23H,8-13H2. The minimum atomic E-state index is -0.531. The molecule has 1 aliphatic heterocycles. The quantitative estimate of drug-likeness (QED) is 0.536. The minimum absolute atomic E-state index is 0.0135. The third kappa shape index (κ3) is 6.00. The number of morpholine rings is 1. The number of anilines is 2. The molecule has 0 atom stereocenters. The molecule has 0 bridgehead atoms. The van der Waals surface area contributed by atoms with Crippen molar-refractivity contribution in [3.8, 4) is 0 Å². The van der Waals surface area contributed by atoms with Crippen molar-refractivity contribution in [3.05, 3.63) is 58.1 Å². The second kappa shape index (κ2) is 10.3. The van der Waals surface area contributed by atoms with Gasteiger partial charge in [0.05, 0.1) is 35.4 Å². The monoisotopic (exact) mass is 438 g/mol. The Bertz CT molecular complexity index is 851. The Hall–Kier alpha value is -2.48. The Labute approximate surface area is 178 Å². The van der Waals surface area contributed by atoms with Gasteiger partial charge in [0.2, 0.25) is 6.79 Å². The molecule has 0 aromatic heterocycles. The predicted octanol–water partition coefficient (Wildman–Crippen LogP) is 4.25. The van der Waals surface area contributed by atoms with E-state index in [0.717, 1.165) is 0 Å². The molecule has 1 saturated heterocycles. The number of carbonyl (C=O) groups excluding carboxylic acids is 2. The first-order valence-electron chi connectivity index (χ1n) is 8.98. The van der Waals surface area contributed by atoms with Crippen LogP contribution in [-0.4, -0.2) is 50.1 Å². The van der Waals surface area contributed by atoms with Gasteiger partial charge in [0.15, 0.2) is 0 Å². The summed E-state index contributed by atoms with van der Waals surface area (Å²) in [4.78, 5) is 25.6. The lowest BCUT2D eigenvalue weighted by Gasteiger charge is -2.25. The van der Waals surface area contributed by atoms with E-state index >= 15 is 0 Å². The van der Waals surface area contributed by atoms with Crippen molar-refractivity contribution in [1.82, 2.24) is 4.90 Å². The number of carbonyl (C=O) groups is 2. The van der Waals surface area contributed by atoms with Crippen molar-refractivity contribution in [3.63, 3.8) is 0 Å². The average molecular weight is 439 g/mol. The van der Waals surface area contributed by atoms with E-state index in [0.29, 0.717) is 53.3 Å². The molecule has 0 aliphatic carbocycles. The zero-order valence-corrected chi connectivity index (χ0v) is 17.0. The van der Waals surface area contributed by atoms with Gasteiger partial charge in [-0.3, -0.25) is 4.79 Å². The second-order valence-corrected chi connectivity index (χ2v) is 7.01. The molecule has 2 aromatic carbocycles. The maximum atomic E-state index is 12.2. The summed E-state index contributed by atoms with van der Waals surface area (Å²) >= 11 is 12.4. The van der Waals surface area contributed by atoms with Gasteiger partial charge in [0, 0.05) is 18.8 Å². The highest BCUT2D eigenvalue weighted by atomic mass is 35.5. The Kier molecular flexibility index (Phi) is 7.57. The fourth-order valence-corrected chi connectivity index (χ4v) is 3.23. The predicted molar refractivity (Wildman–Crippen MR) is 110 cm³/mol. The molecule has 0 saturated carbocycles. The van der Waals surface area contributed by atoms with Gasteiger partial charge in [-0.25, -0.2) is 4.79 Å². The number of para-hydroxylation sites is 2. The summed E-state index contributed by atoms with van der Waals surface area (Å²) in [6.07, 6.45) is -0.545. The van der Waals surface area contributed by atoms with Crippen molar-refractivity contribution in [2.24, 2.45) is 0 Å². The first-order valence-corrected chi connectivity index (χ1v) is 9.74.